The first-order chi connectivity index (χ1) is 15.7. The molecule has 2 amide bonds. The quantitative estimate of drug-likeness (QED) is 0.562. The van der Waals surface area contributed by atoms with Gasteiger partial charge >= 0.3 is 0 Å². The smallest absolute Gasteiger partial charge is 0.265 e. The van der Waals surface area contributed by atoms with Crippen LogP contribution in [0, 0.1) is 0 Å². The van der Waals surface area contributed by atoms with Crippen molar-refractivity contribution < 1.29 is 27.5 Å². The molecule has 1 atom stereocenters. The second kappa shape index (κ2) is 10.2. The third-order valence-corrected chi connectivity index (χ3v) is 7.48. The van der Waals surface area contributed by atoms with Crippen LogP contribution in [0.3, 0.4) is 0 Å². The van der Waals surface area contributed by atoms with E-state index in [4.69, 9.17) is 4.74 Å². The number of carbonyl (C=O) groups is 3. The Hall–Kier alpha value is -3.20. The molecule has 2 aromatic rings. The molecule has 2 aromatic carbocycles. The molecule has 0 aromatic heterocycles. The van der Waals surface area contributed by atoms with Gasteiger partial charge in [-0.15, -0.1) is 0 Å². The van der Waals surface area contributed by atoms with Gasteiger partial charge in [0, 0.05) is 17.8 Å². The molecule has 0 saturated heterocycles. The van der Waals surface area contributed by atoms with Crippen LogP contribution >= 0.6 is 0 Å². The molecule has 8 nitrogen and oxygen atoms in total. The average molecular weight is 473 g/mol. The lowest BCUT2D eigenvalue weighted by Crippen LogP contribution is -2.39. The Balaban J connectivity index is 1.74. The molecule has 0 bridgehead atoms. The summed E-state index contributed by atoms with van der Waals surface area (Å²) in [6.07, 6.45) is 1.56. The van der Waals surface area contributed by atoms with Crippen LogP contribution in [0.5, 0.6) is 5.75 Å². The maximum atomic E-state index is 13.0. The van der Waals surface area contributed by atoms with Crippen LogP contribution in [0.2, 0.25) is 0 Å². The molecule has 1 unspecified atom stereocenters. The maximum absolute atomic E-state index is 13.0. The zero-order chi connectivity index (χ0) is 24.2. The number of amides is 2. The van der Waals surface area contributed by atoms with Crippen molar-refractivity contribution in [1.29, 1.82) is 0 Å². The summed E-state index contributed by atoms with van der Waals surface area (Å²) in [5.41, 5.74) is 2.16. The van der Waals surface area contributed by atoms with Gasteiger partial charge in [-0.3, -0.25) is 14.4 Å². The topological polar surface area (TPSA) is 110 Å². The molecule has 1 heterocycles. The van der Waals surface area contributed by atoms with Crippen LogP contribution in [0.25, 0.3) is 0 Å². The Kier molecular flexibility index (Phi) is 7.53. The number of ketones is 1. The number of Topliss-reactive ketones (excluding diaryl/α,β-unsaturated/α-hetero) is 1. The molecule has 1 aliphatic rings. The third kappa shape index (κ3) is 5.60. The number of nitrogens with one attached hydrogen (secondary N) is 1. The van der Waals surface area contributed by atoms with E-state index in [2.05, 4.69) is 5.32 Å². The molecule has 0 saturated carbocycles. The van der Waals surface area contributed by atoms with Crippen LogP contribution in [-0.2, 0) is 25.8 Å². The standard InChI is InChI=1S/C24H28N2O6S/c1-4-12-26-20-13-18(8-11-21(20)32-14-23(26)28)24(29)16(3)33(30,31)15-22(27)25-19-9-6-17(5-2)7-10-19/h6-11,13,16H,4-5,12,14-15H2,1-3H3,(H,25,27). The number of benzene rings is 2. The van der Waals surface area contributed by atoms with Gasteiger partial charge in [0.1, 0.15) is 16.8 Å². The fourth-order valence-electron chi connectivity index (χ4n) is 3.55. The number of ether oxygens (including phenoxy) is 1. The van der Waals surface area contributed by atoms with E-state index in [9.17, 15) is 22.8 Å². The van der Waals surface area contributed by atoms with Crippen LogP contribution in [0.15, 0.2) is 42.5 Å². The van der Waals surface area contributed by atoms with Gasteiger partial charge in [-0.2, -0.15) is 0 Å². The first kappa shape index (κ1) is 24.4. The molecular formula is C24H28N2O6S. The fourth-order valence-corrected chi connectivity index (χ4v) is 4.70. The van der Waals surface area contributed by atoms with E-state index in [1.165, 1.54) is 24.0 Å². The Labute approximate surface area is 193 Å². The van der Waals surface area contributed by atoms with Crippen LogP contribution < -0.4 is 15.0 Å². The zero-order valence-electron chi connectivity index (χ0n) is 19.0. The minimum atomic E-state index is -4.07. The second-order valence-electron chi connectivity index (χ2n) is 7.93. The number of carbonyl (C=O) groups excluding carboxylic acids is 3. The lowest BCUT2D eigenvalue weighted by molar-refractivity contribution is -0.121. The highest BCUT2D eigenvalue weighted by atomic mass is 32.2. The summed E-state index contributed by atoms with van der Waals surface area (Å²) in [5.74, 6) is -1.93. The largest absolute Gasteiger partial charge is 0.482 e. The van der Waals surface area contributed by atoms with Gasteiger partial charge < -0.3 is 15.0 Å². The van der Waals surface area contributed by atoms with Gasteiger partial charge in [0.25, 0.3) is 5.91 Å². The minimum Gasteiger partial charge on any atom is -0.482 e. The van der Waals surface area contributed by atoms with Gasteiger partial charge in [0.15, 0.2) is 22.2 Å². The highest BCUT2D eigenvalue weighted by Gasteiger charge is 2.32. The van der Waals surface area contributed by atoms with Gasteiger partial charge in [-0.05, 0) is 55.7 Å². The van der Waals surface area contributed by atoms with Crippen molar-refractivity contribution in [1.82, 2.24) is 0 Å². The Morgan fingerprint density at radius 2 is 1.82 bits per heavy atom. The highest BCUT2D eigenvalue weighted by molar-refractivity contribution is 7.93. The molecule has 33 heavy (non-hydrogen) atoms. The molecule has 1 N–H and O–H groups in total. The zero-order valence-corrected chi connectivity index (χ0v) is 19.8. The minimum absolute atomic E-state index is 0.0820. The van der Waals surface area contributed by atoms with E-state index in [1.807, 2.05) is 26.0 Å². The number of fused-ring (bicyclic) bond motifs is 1. The molecule has 1 aliphatic heterocycles. The van der Waals surface area contributed by atoms with Crippen molar-refractivity contribution in [3.8, 4) is 5.75 Å². The molecule has 0 spiro atoms. The summed E-state index contributed by atoms with van der Waals surface area (Å²) in [6.45, 7) is 5.58. The van der Waals surface area contributed by atoms with E-state index in [0.717, 1.165) is 12.0 Å². The number of hydrogen-bond donors (Lipinski definition) is 1. The summed E-state index contributed by atoms with van der Waals surface area (Å²) in [7, 11) is -4.07. The summed E-state index contributed by atoms with van der Waals surface area (Å²) in [6, 6.07) is 11.6. The van der Waals surface area contributed by atoms with Crippen molar-refractivity contribution >= 4 is 38.8 Å². The van der Waals surface area contributed by atoms with Gasteiger partial charge in [-0.25, -0.2) is 8.42 Å². The van der Waals surface area contributed by atoms with Crippen molar-refractivity contribution in [2.75, 3.05) is 29.1 Å². The Morgan fingerprint density at radius 3 is 2.45 bits per heavy atom. The lowest BCUT2D eigenvalue weighted by atomic mass is 10.1. The first-order valence-corrected chi connectivity index (χ1v) is 12.6. The molecular weight excluding hydrogens is 444 g/mol. The van der Waals surface area contributed by atoms with Crippen LogP contribution in [-0.4, -0.2) is 50.2 Å². The number of hydrogen-bond acceptors (Lipinski definition) is 6. The van der Waals surface area contributed by atoms with Crippen LogP contribution in [0.1, 0.15) is 43.1 Å². The number of sulfone groups is 1. The first-order valence-electron chi connectivity index (χ1n) is 10.9. The van der Waals surface area contributed by atoms with E-state index < -0.39 is 32.5 Å². The molecule has 0 radical (unpaired) electrons. The maximum Gasteiger partial charge on any atom is 0.265 e. The Morgan fingerprint density at radius 1 is 1.12 bits per heavy atom. The molecule has 9 heteroatoms. The highest BCUT2D eigenvalue weighted by Crippen LogP contribution is 2.33. The monoisotopic (exact) mass is 472 g/mol. The van der Waals surface area contributed by atoms with Crippen molar-refractivity contribution in [2.45, 2.75) is 38.9 Å². The molecule has 0 fully saturated rings. The van der Waals surface area contributed by atoms with Gasteiger partial charge in [0.05, 0.1) is 5.69 Å². The van der Waals surface area contributed by atoms with Gasteiger partial charge in [0.2, 0.25) is 5.91 Å². The predicted octanol–water partition coefficient (Wildman–Crippen LogP) is 3.01. The normalized spacial score (nSPS) is 14.3. The van der Waals surface area contributed by atoms with E-state index in [-0.39, 0.29) is 18.1 Å². The third-order valence-electron chi connectivity index (χ3n) is 5.52. The average Bonchev–Trinajstić information content (AvgIpc) is 2.79. The predicted molar refractivity (Wildman–Crippen MR) is 127 cm³/mol. The SMILES string of the molecule is CCCN1C(=O)COc2ccc(C(=O)C(C)S(=O)(=O)CC(=O)Nc3ccc(CC)cc3)cc21. The molecule has 3 rings (SSSR count). The van der Waals surface area contributed by atoms with E-state index in [1.54, 1.807) is 18.2 Å². The van der Waals surface area contributed by atoms with Crippen LogP contribution in [0.4, 0.5) is 11.4 Å². The van der Waals surface area contributed by atoms with E-state index >= 15 is 0 Å². The summed E-state index contributed by atoms with van der Waals surface area (Å²) >= 11 is 0. The van der Waals surface area contributed by atoms with Crippen molar-refractivity contribution in [3.05, 3.63) is 53.6 Å². The fraction of sp³-hybridized carbons (Fsp3) is 0.375. The molecule has 0 aliphatic carbocycles. The van der Waals surface area contributed by atoms with Crippen molar-refractivity contribution in [3.63, 3.8) is 0 Å². The number of anilines is 2. The number of nitrogens with zero attached hydrogens (tertiary/aromatic N) is 1. The molecule has 176 valence electrons. The number of rotatable bonds is 9. The number of aryl methyl sites for hydroxylation is 1. The van der Waals surface area contributed by atoms with E-state index in [0.29, 0.717) is 30.1 Å². The van der Waals surface area contributed by atoms with Crippen molar-refractivity contribution in [2.24, 2.45) is 0 Å². The summed E-state index contributed by atoms with van der Waals surface area (Å²) < 4.78 is 31.0. The lowest BCUT2D eigenvalue weighted by Gasteiger charge is -2.29. The summed E-state index contributed by atoms with van der Waals surface area (Å²) in [5, 5.41) is 1.13. The second-order valence-corrected chi connectivity index (χ2v) is 10.3. The Bertz CT molecular complexity index is 1160. The summed E-state index contributed by atoms with van der Waals surface area (Å²) in [4.78, 5) is 39.0. The van der Waals surface area contributed by atoms with Gasteiger partial charge in [-0.1, -0.05) is 26.0 Å².